The second-order valence-electron chi connectivity index (χ2n) is 4.28. The number of rotatable bonds is 2. The smallest absolute Gasteiger partial charge is 0.408 e. The second-order valence-corrected chi connectivity index (χ2v) is 4.64. The summed E-state index contributed by atoms with van der Waals surface area (Å²) < 4.78 is 17.8. The van der Waals surface area contributed by atoms with Crippen molar-refractivity contribution in [1.82, 2.24) is 15.3 Å². The SMILES string of the molecule is CC(C)(C)OC(=O)NCc1ncc(F)c(Cl)n1. The average molecular weight is 262 g/mol. The van der Waals surface area contributed by atoms with Crippen molar-refractivity contribution in [2.24, 2.45) is 0 Å². The number of hydrogen-bond acceptors (Lipinski definition) is 4. The minimum absolute atomic E-state index is 0.0227. The van der Waals surface area contributed by atoms with Crippen molar-refractivity contribution in [1.29, 1.82) is 0 Å². The van der Waals surface area contributed by atoms with E-state index in [0.717, 1.165) is 6.20 Å². The zero-order valence-electron chi connectivity index (χ0n) is 9.75. The summed E-state index contributed by atoms with van der Waals surface area (Å²) in [7, 11) is 0. The van der Waals surface area contributed by atoms with Crippen molar-refractivity contribution in [2.75, 3.05) is 0 Å². The van der Waals surface area contributed by atoms with Crippen LogP contribution in [-0.2, 0) is 11.3 Å². The highest BCUT2D eigenvalue weighted by molar-refractivity contribution is 6.29. The van der Waals surface area contributed by atoms with E-state index in [0.29, 0.717) is 0 Å². The lowest BCUT2D eigenvalue weighted by molar-refractivity contribution is 0.0522. The number of ether oxygens (including phenoxy) is 1. The van der Waals surface area contributed by atoms with Crippen molar-refractivity contribution in [2.45, 2.75) is 32.9 Å². The number of halogens is 2. The Bertz CT molecular complexity index is 421. The summed E-state index contributed by atoms with van der Waals surface area (Å²) in [5.74, 6) is -0.491. The molecule has 0 aromatic carbocycles. The highest BCUT2D eigenvalue weighted by Gasteiger charge is 2.16. The van der Waals surface area contributed by atoms with Gasteiger partial charge >= 0.3 is 6.09 Å². The van der Waals surface area contributed by atoms with Crippen LogP contribution in [0.2, 0.25) is 5.15 Å². The molecular formula is C10H13ClFN3O2. The number of carbonyl (C=O) groups is 1. The molecule has 1 heterocycles. The molecule has 0 saturated heterocycles. The predicted octanol–water partition coefficient (Wildman–Crippen LogP) is 2.29. The van der Waals surface area contributed by atoms with Crippen LogP contribution in [-0.4, -0.2) is 21.7 Å². The summed E-state index contributed by atoms with van der Waals surface area (Å²) in [4.78, 5) is 18.6. The third-order valence-corrected chi connectivity index (χ3v) is 1.81. The molecule has 0 saturated carbocycles. The maximum atomic E-state index is 12.8. The van der Waals surface area contributed by atoms with Crippen molar-refractivity contribution in [3.05, 3.63) is 23.0 Å². The lowest BCUT2D eigenvalue weighted by Gasteiger charge is -2.19. The van der Waals surface area contributed by atoms with Gasteiger partial charge in [-0.2, -0.15) is 0 Å². The fraction of sp³-hybridized carbons (Fsp3) is 0.500. The van der Waals surface area contributed by atoms with Gasteiger partial charge in [-0.1, -0.05) is 11.6 Å². The topological polar surface area (TPSA) is 64.1 Å². The van der Waals surface area contributed by atoms with Crippen LogP contribution in [0, 0.1) is 5.82 Å². The average Bonchev–Trinajstić information content (AvgIpc) is 2.17. The van der Waals surface area contributed by atoms with Gasteiger partial charge in [0.25, 0.3) is 0 Å². The van der Waals surface area contributed by atoms with E-state index in [1.807, 2.05) is 0 Å². The van der Waals surface area contributed by atoms with Crippen LogP contribution in [0.4, 0.5) is 9.18 Å². The van der Waals surface area contributed by atoms with E-state index in [-0.39, 0.29) is 17.5 Å². The second kappa shape index (κ2) is 5.27. The van der Waals surface area contributed by atoms with Gasteiger partial charge in [-0.25, -0.2) is 19.2 Å². The lowest BCUT2D eigenvalue weighted by Crippen LogP contribution is -2.32. The van der Waals surface area contributed by atoms with Crippen LogP contribution in [0.1, 0.15) is 26.6 Å². The zero-order valence-corrected chi connectivity index (χ0v) is 10.5. The van der Waals surface area contributed by atoms with Crippen LogP contribution in [0.15, 0.2) is 6.20 Å². The molecule has 1 N–H and O–H groups in total. The molecule has 0 bridgehead atoms. The van der Waals surface area contributed by atoms with E-state index in [4.69, 9.17) is 16.3 Å². The summed E-state index contributed by atoms with van der Waals surface area (Å²) in [6.07, 6.45) is 0.350. The van der Waals surface area contributed by atoms with Gasteiger partial charge in [0.1, 0.15) is 11.4 Å². The van der Waals surface area contributed by atoms with Crippen molar-refractivity contribution < 1.29 is 13.9 Å². The Morgan fingerprint density at radius 1 is 1.59 bits per heavy atom. The Morgan fingerprint density at radius 3 is 2.76 bits per heavy atom. The lowest BCUT2D eigenvalue weighted by atomic mass is 10.2. The fourth-order valence-electron chi connectivity index (χ4n) is 0.931. The maximum Gasteiger partial charge on any atom is 0.408 e. The number of hydrogen-bond donors (Lipinski definition) is 1. The molecule has 1 rings (SSSR count). The van der Waals surface area contributed by atoms with Crippen LogP contribution >= 0.6 is 11.6 Å². The summed E-state index contributed by atoms with van der Waals surface area (Å²) in [5, 5.41) is 2.16. The standard InChI is InChI=1S/C10H13ClFN3O2/c1-10(2,3)17-9(16)14-5-7-13-4-6(12)8(11)15-7/h4H,5H2,1-3H3,(H,14,16). The van der Waals surface area contributed by atoms with Gasteiger partial charge in [-0.3, -0.25) is 0 Å². The van der Waals surface area contributed by atoms with Crippen molar-refractivity contribution in [3.8, 4) is 0 Å². The Morgan fingerprint density at radius 2 is 2.24 bits per heavy atom. The van der Waals surface area contributed by atoms with Crippen molar-refractivity contribution in [3.63, 3.8) is 0 Å². The first-order chi connectivity index (χ1) is 7.78. The van der Waals surface area contributed by atoms with Crippen molar-refractivity contribution >= 4 is 17.7 Å². The molecule has 5 nitrogen and oxygen atoms in total. The minimum Gasteiger partial charge on any atom is -0.444 e. The summed E-state index contributed by atoms with van der Waals surface area (Å²) >= 11 is 5.47. The monoisotopic (exact) mass is 261 g/mol. The highest BCUT2D eigenvalue weighted by atomic mass is 35.5. The number of carbonyl (C=O) groups excluding carboxylic acids is 1. The van der Waals surface area contributed by atoms with E-state index in [1.165, 1.54) is 0 Å². The van der Waals surface area contributed by atoms with Gasteiger partial charge in [-0.15, -0.1) is 0 Å². The molecule has 0 atom stereocenters. The first kappa shape index (κ1) is 13.6. The van der Waals surface area contributed by atoms with E-state index in [2.05, 4.69) is 15.3 Å². The van der Waals surface area contributed by atoms with Crippen LogP contribution in [0.3, 0.4) is 0 Å². The number of amides is 1. The van der Waals surface area contributed by atoms with E-state index in [9.17, 15) is 9.18 Å². The minimum atomic E-state index is -0.701. The molecule has 0 radical (unpaired) electrons. The molecule has 1 amide bonds. The molecule has 17 heavy (non-hydrogen) atoms. The Balaban J connectivity index is 2.50. The number of alkyl carbamates (subject to hydrolysis) is 1. The zero-order chi connectivity index (χ0) is 13.1. The summed E-state index contributed by atoms with van der Waals surface area (Å²) in [6.45, 7) is 5.27. The number of aromatic nitrogens is 2. The molecule has 94 valence electrons. The summed E-state index contributed by atoms with van der Waals surface area (Å²) in [5.41, 5.74) is -0.578. The van der Waals surface area contributed by atoms with Crippen LogP contribution in [0.5, 0.6) is 0 Å². The third-order valence-electron chi connectivity index (χ3n) is 1.54. The van der Waals surface area contributed by atoms with Gasteiger partial charge in [0.05, 0.1) is 12.7 Å². The van der Waals surface area contributed by atoms with Gasteiger partial charge < -0.3 is 10.1 Å². The first-order valence-corrected chi connectivity index (χ1v) is 5.29. The molecule has 0 aliphatic heterocycles. The largest absolute Gasteiger partial charge is 0.444 e. The molecule has 7 heteroatoms. The van der Waals surface area contributed by atoms with Gasteiger partial charge in [0, 0.05) is 0 Å². The molecular weight excluding hydrogens is 249 g/mol. The maximum absolute atomic E-state index is 12.8. The Kier molecular flexibility index (Phi) is 4.22. The molecule has 1 aromatic rings. The number of nitrogens with zero attached hydrogens (tertiary/aromatic N) is 2. The predicted molar refractivity (Wildman–Crippen MR) is 60.1 cm³/mol. The molecule has 0 fully saturated rings. The van der Waals surface area contributed by atoms with Crippen LogP contribution < -0.4 is 5.32 Å². The van der Waals surface area contributed by atoms with E-state index in [1.54, 1.807) is 20.8 Å². The number of nitrogens with one attached hydrogen (secondary N) is 1. The molecule has 0 spiro atoms. The molecule has 1 aromatic heterocycles. The Hall–Kier alpha value is -1.43. The quantitative estimate of drug-likeness (QED) is 0.830. The van der Waals surface area contributed by atoms with Gasteiger partial charge in [-0.05, 0) is 20.8 Å². The van der Waals surface area contributed by atoms with Gasteiger partial charge in [0.2, 0.25) is 0 Å². The molecule has 0 unspecified atom stereocenters. The van der Waals surface area contributed by atoms with E-state index >= 15 is 0 Å². The molecule has 0 aliphatic rings. The van der Waals surface area contributed by atoms with Gasteiger partial charge in [0.15, 0.2) is 11.0 Å². The summed E-state index contributed by atoms with van der Waals surface area (Å²) in [6, 6.07) is 0. The normalized spacial score (nSPS) is 11.1. The van der Waals surface area contributed by atoms with E-state index < -0.39 is 17.5 Å². The third kappa shape index (κ3) is 4.95. The first-order valence-electron chi connectivity index (χ1n) is 4.92. The fourth-order valence-corrected chi connectivity index (χ4v) is 1.08. The van der Waals surface area contributed by atoms with Crippen LogP contribution in [0.25, 0.3) is 0 Å². The molecule has 0 aliphatic carbocycles. The Labute approximate surface area is 103 Å². The highest BCUT2D eigenvalue weighted by Crippen LogP contribution is 2.09.